The second-order valence-corrected chi connectivity index (χ2v) is 6.13. The minimum Gasteiger partial charge on any atom is -0.126 e. The molecule has 0 spiro atoms. The third kappa shape index (κ3) is 2.90. The third-order valence-corrected chi connectivity index (χ3v) is 5.24. The summed E-state index contributed by atoms with van der Waals surface area (Å²) in [7, 11) is 0. The number of rotatable bonds is 5. The summed E-state index contributed by atoms with van der Waals surface area (Å²) in [4.78, 5) is 0. The molecule has 0 nitrogen and oxygen atoms in total. The molecule has 2 rings (SSSR count). The maximum absolute atomic E-state index is 6.24. The molecule has 2 aromatic rings. The number of benzene rings is 2. The van der Waals surface area contributed by atoms with Gasteiger partial charge in [-0.2, -0.15) is 0 Å². The Kier molecular flexibility index (Phi) is 4.76. The molecule has 19 heavy (non-hydrogen) atoms. The number of alkyl halides is 2. The van der Waals surface area contributed by atoms with E-state index in [-0.39, 0.29) is 5.41 Å². The summed E-state index contributed by atoms with van der Waals surface area (Å²) < 4.78 is 0. The summed E-state index contributed by atoms with van der Waals surface area (Å²) in [5, 5.41) is 2.59. The second-order valence-electron chi connectivity index (χ2n) is 5.60. The Bertz CT molecular complexity index is 536. The molecule has 0 aromatic heterocycles. The molecule has 0 heterocycles. The summed E-state index contributed by atoms with van der Waals surface area (Å²) in [5.41, 5.74) is 1.31. The first-order chi connectivity index (χ1) is 9.13. The van der Waals surface area contributed by atoms with Gasteiger partial charge in [-0.3, -0.25) is 0 Å². The van der Waals surface area contributed by atoms with Crippen LogP contribution in [0, 0.1) is 11.3 Å². The summed E-state index contributed by atoms with van der Waals surface area (Å²) in [5.74, 6) is 1.65. The lowest BCUT2D eigenvalue weighted by Gasteiger charge is -2.34. The summed E-state index contributed by atoms with van der Waals surface area (Å²) in [6.07, 6.45) is 0.930. The topological polar surface area (TPSA) is 0 Å². The maximum Gasteiger partial charge on any atom is 0.0297 e. The van der Waals surface area contributed by atoms with Gasteiger partial charge in [0, 0.05) is 17.2 Å². The largest absolute Gasteiger partial charge is 0.126 e. The molecule has 0 saturated carbocycles. The van der Waals surface area contributed by atoms with Crippen molar-refractivity contribution < 1.29 is 0 Å². The van der Waals surface area contributed by atoms with E-state index in [1.54, 1.807) is 0 Å². The van der Waals surface area contributed by atoms with Gasteiger partial charge in [0.15, 0.2) is 0 Å². The highest BCUT2D eigenvalue weighted by atomic mass is 35.5. The monoisotopic (exact) mass is 294 g/mol. The molecule has 0 radical (unpaired) electrons. The average Bonchev–Trinajstić information content (AvgIpc) is 2.44. The van der Waals surface area contributed by atoms with Gasteiger partial charge < -0.3 is 0 Å². The van der Waals surface area contributed by atoms with Crippen LogP contribution in [0.5, 0.6) is 0 Å². The van der Waals surface area contributed by atoms with Crippen molar-refractivity contribution in [1.29, 1.82) is 0 Å². The van der Waals surface area contributed by atoms with Crippen LogP contribution in [-0.4, -0.2) is 11.8 Å². The highest BCUT2D eigenvalue weighted by Gasteiger charge is 2.32. The lowest BCUT2D eigenvalue weighted by atomic mass is 9.75. The van der Waals surface area contributed by atoms with E-state index in [1.807, 2.05) is 0 Å². The lowest BCUT2D eigenvalue weighted by molar-refractivity contribution is 0.259. The summed E-state index contributed by atoms with van der Waals surface area (Å²) >= 11 is 12.5. The van der Waals surface area contributed by atoms with Gasteiger partial charge in [-0.05, 0) is 28.7 Å². The number of halogens is 2. The molecule has 102 valence electrons. The molecule has 2 aromatic carbocycles. The van der Waals surface area contributed by atoms with Gasteiger partial charge in [-0.25, -0.2) is 0 Å². The van der Waals surface area contributed by atoms with E-state index in [9.17, 15) is 0 Å². The average molecular weight is 295 g/mol. The van der Waals surface area contributed by atoms with Crippen molar-refractivity contribution >= 4 is 34.0 Å². The molecule has 0 fully saturated rings. The minimum atomic E-state index is -0.0345. The quantitative estimate of drug-likeness (QED) is 0.639. The Balaban J connectivity index is 2.45. The van der Waals surface area contributed by atoms with Gasteiger partial charge in [0.2, 0.25) is 0 Å². The van der Waals surface area contributed by atoms with Crippen molar-refractivity contribution in [3.8, 4) is 0 Å². The Morgan fingerprint density at radius 3 is 2.21 bits per heavy atom. The van der Waals surface area contributed by atoms with Crippen LogP contribution < -0.4 is 0 Å². The van der Waals surface area contributed by atoms with Crippen LogP contribution in [0.4, 0.5) is 0 Å². The van der Waals surface area contributed by atoms with E-state index in [4.69, 9.17) is 23.2 Å². The lowest BCUT2D eigenvalue weighted by Crippen LogP contribution is -2.34. The van der Waals surface area contributed by atoms with Crippen LogP contribution in [0.2, 0.25) is 0 Å². The highest BCUT2D eigenvalue weighted by Crippen LogP contribution is 2.36. The molecule has 0 aliphatic carbocycles. The zero-order chi connectivity index (χ0) is 13.9. The van der Waals surface area contributed by atoms with Gasteiger partial charge in [0.1, 0.15) is 0 Å². The molecular weight excluding hydrogens is 275 g/mol. The molecule has 0 aliphatic heterocycles. The van der Waals surface area contributed by atoms with Crippen molar-refractivity contribution in [3.63, 3.8) is 0 Å². The fourth-order valence-electron chi connectivity index (χ4n) is 2.47. The van der Waals surface area contributed by atoms with Gasteiger partial charge in [0.25, 0.3) is 0 Å². The number of fused-ring (bicyclic) bond motifs is 1. The molecule has 0 N–H and O–H groups in total. The van der Waals surface area contributed by atoms with Crippen LogP contribution >= 0.6 is 23.2 Å². The Morgan fingerprint density at radius 2 is 1.58 bits per heavy atom. The molecule has 0 amide bonds. The van der Waals surface area contributed by atoms with Crippen molar-refractivity contribution in [2.75, 3.05) is 11.8 Å². The third-order valence-electron chi connectivity index (χ3n) is 4.18. The normalized spacial score (nSPS) is 12.3. The molecule has 2 heteroatoms. The standard InChI is InChI=1S/C17H20Cl2/c1-13(2)17(11-18,12-19)10-15-8-5-7-14-6-3-4-9-16(14)15/h3-9,13H,10-12H2,1-2H3. The fourth-order valence-corrected chi connectivity index (χ4v) is 3.56. The Morgan fingerprint density at radius 1 is 0.947 bits per heavy atom. The predicted molar refractivity (Wildman–Crippen MR) is 86.4 cm³/mol. The highest BCUT2D eigenvalue weighted by molar-refractivity contribution is 6.21. The minimum absolute atomic E-state index is 0.0345. The van der Waals surface area contributed by atoms with E-state index >= 15 is 0 Å². The van der Waals surface area contributed by atoms with Crippen molar-refractivity contribution in [3.05, 3.63) is 48.0 Å². The van der Waals surface area contributed by atoms with Crippen LogP contribution in [-0.2, 0) is 6.42 Å². The van der Waals surface area contributed by atoms with Gasteiger partial charge >= 0.3 is 0 Å². The number of hydrogen-bond donors (Lipinski definition) is 0. The number of hydrogen-bond acceptors (Lipinski definition) is 0. The first-order valence-electron chi connectivity index (χ1n) is 6.71. The maximum atomic E-state index is 6.24. The molecule has 0 unspecified atom stereocenters. The van der Waals surface area contributed by atoms with E-state index < -0.39 is 0 Å². The van der Waals surface area contributed by atoms with Crippen LogP contribution in [0.15, 0.2) is 42.5 Å². The van der Waals surface area contributed by atoms with Crippen molar-refractivity contribution in [2.45, 2.75) is 20.3 Å². The Hall–Kier alpha value is -0.720. The first-order valence-corrected chi connectivity index (χ1v) is 7.78. The van der Waals surface area contributed by atoms with Crippen molar-refractivity contribution in [1.82, 2.24) is 0 Å². The second kappa shape index (κ2) is 6.15. The van der Waals surface area contributed by atoms with Gasteiger partial charge in [-0.15, -0.1) is 23.2 Å². The smallest absolute Gasteiger partial charge is 0.0297 e. The Labute approximate surface area is 125 Å². The molecule has 0 atom stereocenters. The summed E-state index contributed by atoms with van der Waals surface area (Å²) in [6, 6.07) is 15.0. The molecular formula is C17H20Cl2. The fraction of sp³-hybridized carbons (Fsp3) is 0.412. The van der Waals surface area contributed by atoms with E-state index in [0.29, 0.717) is 17.7 Å². The summed E-state index contributed by atoms with van der Waals surface area (Å²) in [6.45, 7) is 4.41. The molecule has 0 saturated heterocycles. The first kappa shape index (κ1) is 14.7. The molecule has 0 bridgehead atoms. The van der Waals surface area contributed by atoms with Crippen LogP contribution in [0.25, 0.3) is 10.8 Å². The van der Waals surface area contributed by atoms with E-state index in [0.717, 1.165) is 6.42 Å². The van der Waals surface area contributed by atoms with E-state index in [2.05, 4.69) is 56.3 Å². The predicted octanol–water partition coefficient (Wildman–Crippen LogP) is 5.50. The van der Waals surface area contributed by atoms with Crippen molar-refractivity contribution in [2.24, 2.45) is 11.3 Å². The van der Waals surface area contributed by atoms with E-state index in [1.165, 1.54) is 16.3 Å². The SMILES string of the molecule is CC(C)C(CCl)(CCl)Cc1cccc2ccccc12. The molecule has 0 aliphatic rings. The zero-order valence-corrected chi connectivity index (χ0v) is 13.0. The van der Waals surface area contributed by atoms with Gasteiger partial charge in [0.05, 0.1) is 0 Å². The zero-order valence-electron chi connectivity index (χ0n) is 11.5. The van der Waals surface area contributed by atoms with Gasteiger partial charge in [-0.1, -0.05) is 56.3 Å². The van der Waals surface area contributed by atoms with Crippen LogP contribution in [0.3, 0.4) is 0 Å². The van der Waals surface area contributed by atoms with Crippen LogP contribution in [0.1, 0.15) is 19.4 Å².